The number of carbonyl (C=O) groups is 2. The summed E-state index contributed by atoms with van der Waals surface area (Å²) in [6, 6.07) is 16.6. The van der Waals surface area contributed by atoms with Crippen LogP contribution >= 0.6 is 0 Å². The van der Waals surface area contributed by atoms with Crippen molar-refractivity contribution in [2.45, 2.75) is 38.5 Å². The first-order valence-corrected chi connectivity index (χ1v) is 9.31. The molecule has 0 unspecified atom stereocenters. The van der Waals surface area contributed by atoms with Crippen LogP contribution in [-0.4, -0.2) is 45.6 Å². The summed E-state index contributed by atoms with van der Waals surface area (Å²) >= 11 is 0. The van der Waals surface area contributed by atoms with Crippen LogP contribution in [-0.2, 0) is 0 Å². The van der Waals surface area contributed by atoms with Gasteiger partial charge in [0.1, 0.15) is 0 Å². The van der Waals surface area contributed by atoms with Gasteiger partial charge in [-0.2, -0.15) is 0 Å². The van der Waals surface area contributed by atoms with Gasteiger partial charge in [-0.05, 0) is 37.1 Å². The second-order valence-electron chi connectivity index (χ2n) is 5.91. The second kappa shape index (κ2) is 17.7. The summed E-state index contributed by atoms with van der Waals surface area (Å²) in [6.45, 7) is 0.639. The van der Waals surface area contributed by atoms with Crippen molar-refractivity contribution in [3.63, 3.8) is 0 Å². The second-order valence-corrected chi connectivity index (χ2v) is 5.91. The molecule has 2 aromatic rings. The molecule has 6 heteroatoms. The SMILES string of the molecule is O=C(O)c1ccccc1.O=C(O)c1ccccc1.OCCCCCCCCO. The monoisotopic (exact) mass is 390 g/mol. The van der Waals surface area contributed by atoms with Gasteiger partial charge < -0.3 is 20.4 Å². The molecule has 0 amide bonds. The number of carboxylic acids is 2. The number of hydrogen-bond acceptors (Lipinski definition) is 4. The maximum atomic E-state index is 10.2. The van der Waals surface area contributed by atoms with Crippen LogP contribution in [0, 0.1) is 0 Å². The van der Waals surface area contributed by atoms with Crippen molar-refractivity contribution in [2.75, 3.05) is 13.2 Å². The maximum Gasteiger partial charge on any atom is 0.335 e. The Bertz CT molecular complexity index is 570. The minimum absolute atomic E-state index is 0.319. The topological polar surface area (TPSA) is 115 Å². The quantitative estimate of drug-likeness (QED) is 0.480. The van der Waals surface area contributed by atoms with Crippen molar-refractivity contribution in [1.82, 2.24) is 0 Å². The Morgan fingerprint density at radius 1 is 0.536 bits per heavy atom. The molecular weight excluding hydrogens is 360 g/mol. The van der Waals surface area contributed by atoms with Crippen LogP contribution in [0.1, 0.15) is 59.2 Å². The smallest absolute Gasteiger partial charge is 0.335 e. The Labute approximate surface area is 166 Å². The van der Waals surface area contributed by atoms with Crippen molar-refractivity contribution in [1.29, 1.82) is 0 Å². The number of unbranched alkanes of at least 4 members (excludes halogenated alkanes) is 5. The number of aromatic carboxylic acids is 2. The van der Waals surface area contributed by atoms with Crippen LogP contribution in [0.4, 0.5) is 0 Å². The molecule has 0 saturated heterocycles. The van der Waals surface area contributed by atoms with E-state index >= 15 is 0 Å². The van der Waals surface area contributed by atoms with E-state index in [1.54, 1.807) is 60.7 Å². The maximum absolute atomic E-state index is 10.2. The molecule has 0 atom stereocenters. The van der Waals surface area contributed by atoms with Crippen molar-refractivity contribution < 1.29 is 30.0 Å². The summed E-state index contributed by atoms with van der Waals surface area (Å²) < 4.78 is 0. The summed E-state index contributed by atoms with van der Waals surface area (Å²) in [4.78, 5) is 20.4. The highest BCUT2D eigenvalue weighted by atomic mass is 16.4. The molecule has 28 heavy (non-hydrogen) atoms. The van der Waals surface area contributed by atoms with E-state index in [0.717, 1.165) is 25.7 Å². The van der Waals surface area contributed by atoms with Crippen molar-refractivity contribution in [3.05, 3.63) is 71.8 Å². The minimum Gasteiger partial charge on any atom is -0.478 e. The highest BCUT2D eigenvalue weighted by molar-refractivity contribution is 5.87. The summed E-state index contributed by atoms with van der Waals surface area (Å²) in [5.41, 5.74) is 0.662. The molecule has 0 aliphatic carbocycles. The predicted molar refractivity (Wildman–Crippen MR) is 109 cm³/mol. The Morgan fingerprint density at radius 3 is 1.04 bits per heavy atom. The molecule has 0 bridgehead atoms. The van der Waals surface area contributed by atoms with E-state index in [-0.39, 0.29) is 0 Å². The van der Waals surface area contributed by atoms with E-state index in [2.05, 4.69) is 0 Å². The molecule has 2 aromatic carbocycles. The number of rotatable bonds is 9. The van der Waals surface area contributed by atoms with E-state index < -0.39 is 11.9 Å². The van der Waals surface area contributed by atoms with Gasteiger partial charge in [-0.15, -0.1) is 0 Å². The molecule has 4 N–H and O–H groups in total. The molecule has 6 nitrogen and oxygen atoms in total. The third kappa shape index (κ3) is 14.5. The fraction of sp³-hybridized carbons (Fsp3) is 0.364. The molecule has 2 rings (SSSR count). The molecule has 0 fully saturated rings. The number of benzene rings is 2. The van der Waals surface area contributed by atoms with Gasteiger partial charge in [0.05, 0.1) is 11.1 Å². The van der Waals surface area contributed by atoms with Crippen molar-refractivity contribution in [2.24, 2.45) is 0 Å². The minimum atomic E-state index is -0.879. The Hall–Kier alpha value is -2.70. The lowest BCUT2D eigenvalue weighted by Crippen LogP contribution is -1.93. The number of carboxylic acid groups (broad SMARTS) is 2. The highest BCUT2D eigenvalue weighted by Gasteiger charge is 1.97. The van der Waals surface area contributed by atoms with Gasteiger partial charge in [-0.3, -0.25) is 0 Å². The summed E-state index contributed by atoms with van der Waals surface area (Å²) in [5, 5.41) is 33.6. The largest absolute Gasteiger partial charge is 0.478 e. The van der Waals surface area contributed by atoms with E-state index in [0.29, 0.717) is 24.3 Å². The third-order valence-electron chi connectivity index (χ3n) is 3.61. The normalized spacial score (nSPS) is 9.36. The van der Waals surface area contributed by atoms with Crippen LogP contribution < -0.4 is 0 Å². The van der Waals surface area contributed by atoms with Crippen LogP contribution in [0.15, 0.2) is 60.7 Å². The van der Waals surface area contributed by atoms with Crippen LogP contribution in [0.25, 0.3) is 0 Å². The Morgan fingerprint density at radius 2 is 0.821 bits per heavy atom. The van der Waals surface area contributed by atoms with Crippen LogP contribution in [0.2, 0.25) is 0 Å². The molecular formula is C22H30O6. The lowest BCUT2D eigenvalue weighted by molar-refractivity contribution is 0.0686. The standard InChI is InChI=1S/C8H18O2.2C7H6O2/c9-7-5-3-1-2-4-6-8-10;2*8-7(9)6-4-2-1-3-5-6/h9-10H,1-8H2;2*1-5H,(H,8,9). The first-order valence-electron chi connectivity index (χ1n) is 9.31. The lowest BCUT2D eigenvalue weighted by Gasteiger charge is -1.97. The van der Waals surface area contributed by atoms with Gasteiger partial charge in [0.2, 0.25) is 0 Å². The van der Waals surface area contributed by atoms with Crippen molar-refractivity contribution in [3.8, 4) is 0 Å². The zero-order valence-corrected chi connectivity index (χ0v) is 16.0. The summed E-state index contributed by atoms with van der Waals surface area (Å²) in [7, 11) is 0. The van der Waals surface area contributed by atoms with Gasteiger partial charge in [0, 0.05) is 13.2 Å². The lowest BCUT2D eigenvalue weighted by atomic mass is 10.1. The first kappa shape index (κ1) is 25.3. The van der Waals surface area contributed by atoms with Gasteiger partial charge in [-0.25, -0.2) is 9.59 Å². The fourth-order valence-electron chi connectivity index (χ4n) is 2.09. The molecule has 0 radical (unpaired) electrons. The van der Waals surface area contributed by atoms with E-state index in [1.807, 2.05) is 0 Å². The van der Waals surface area contributed by atoms with Gasteiger partial charge in [0.15, 0.2) is 0 Å². The van der Waals surface area contributed by atoms with Gasteiger partial charge in [-0.1, -0.05) is 62.1 Å². The number of aliphatic hydroxyl groups excluding tert-OH is 2. The third-order valence-corrected chi connectivity index (χ3v) is 3.61. The average Bonchev–Trinajstić information content (AvgIpc) is 2.73. The van der Waals surface area contributed by atoms with Crippen LogP contribution in [0.5, 0.6) is 0 Å². The van der Waals surface area contributed by atoms with E-state index in [1.165, 1.54) is 12.8 Å². The van der Waals surface area contributed by atoms with E-state index in [9.17, 15) is 9.59 Å². The summed E-state index contributed by atoms with van der Waals surface area (Å²) in [6.07, 6.45) is 6.50. The Balaban J connectivity index is 0.000000391. The molecule has 0 spiro atoms. The highest BCUT2D eigenvalue weighted by Crippen LogP contribution is 2.03. The molecule has 0 aliphatic heterocycles. The van der Waals surface area contributed by atoms with E-state index in [4.69, 9.17) is 20.4 Å². The zero-order valence-electron chi connectivity index (χ0n) is 16.0. The fourth-order valence-corrected chi connectivity index (χ4v) is 2.09. The van der Waals surface area contributed by atoms with Crippen molar-refractivity contribution >= 4 is 11.9 Å². The zero-order chi connectivity index (χ0) is 21.0. The van der Waals surface area contributed by atoms with Gasteiger partial charge in [0.25, 0.3) is 0 Å². The average molecular weight is 390 g/mol. The predicted octanol–water partition coefficient (Wildman–Crippen LogP) is 4.08. The Kier molecular flexibility index (Phi) is 16.0. The molecule has 0 heterocycles. The first-order chi connectivity index (χ1) is 13.5. The van der Waals surface area contributed by atoms with Gasteiger partial charge >= 0.3 is 11.9 Å². The van der Waals surface area contributed by atoms with Crippen LogP contribution in [0.3, 0.4) is 0 Å². The molecule has 0 saturated carbocycles. The number of aliphatic hydroxyl groups is 2. The molecule has 0 aliphatic rings. The summed E-state index contributed by atoms with van der Waals surface area (Å²) in [5.74, 6) is -1.76. The molecule has 154 valence electrons. The number of hydrogen-bond donors (Lipinski definition) is 4. The molecule has 0 aromatic heterocycles.